The number of rotatable bonds is 3. The number of benzene rings is 1. The Morgan fingerprint density at radius 1 is 1.12 bits per heavy atom. The van der Waals surface area contributed by atoms with Crippen LogP contribution in [0, 0.1) is 13.8 Å². The molecule has 0 fully saturated rings. The van der Waals surface area contributed by atoms with Gasteiger partial charge < -0.3 is 4.74 Å². The van der Waals surface area contributed by atoms with Crippen molar-refractivity contribution >= 4 is 16.7 Å². The highest BCUT2D eigenvalue weighted by molar-refractivity contribution is 5.82. The van der Waals surface area contributed by atoms with E-state index in [-0.39, 0.29) is 5.56 Å². The molecule has 1 aromatic carbocycles. The van der Waals surface area contributed by atoms with E-state index >= 15 is 0 Å². The number of hydrogen-bond acceptors (Lipinski definition) is 5. The molecule has 0 atom stereocenters. The zero-order valence-electron chi connectivity index (χ0n) is 14.2. The van der Waals surface area contributed by atoms with Crippen molar-refractivity contribution in [2.24, 2.45) is 0 Å². The number of ether oxygens (including phenoxy) is 1. The normalized spacial score (nSPS) is 11.3. The second-order valence-corrected chi connectivity index (χ2v) is 5.72. The molecule has 25 heavy (non-hydrogen) atoms. The number of aromatic nitrogens is 5. The van der Waals surface area contributed by atoms with E-state index in [0.717, 1.165) is 0 Å². The molecule has 0 spiro atoms. The molecule has 3 aromatic heterocycles. The summed E-state index contributed by atoms with van der Waals surface area (Å²) in [6, 6.07) is 9.33. The number of aryl methyl sites for hydroxylation is 2. The van der Waals surface area contributed by atoms with Crippen LogP contribution in [-0.2, 0) is 0 Å². The molecule has 7 heteroatoms. The van der Waals surface area contributed by atoms with Crippen molar-refractivity contribution in [1.82, 2.24) is 24.1 Å². The zero-order valence-corrected chi connectivity index (χ0v) is 14.2. The summed E-state index contributed by atoms with van der Waals surface area (Å²) in [5.41, 5.74) is 1.86. The minimum atomic E-state index is -0.162. The predicted octanol–water partition coefficient (Wildman–Crippen LogP) is 2.44. The lowest BCUT2D eigenvalue weighted by atomic mass is 10.2. The summed E-state index contributed by atoms with van der Waals surface area (Å²) in [5, 5.41) is 4.86. The van der Waals surface area contributed by atoms with Gasteiger partial charge in [-0.3, -0.25) is 9.36 Å². The average Bonchev–Trinajstić information content (AvgIpc) is 2.96. The highest BCUT2D eigenvalue weighted by Gasteiger charge is 2.15. The van der Waals surface area contributed by atoms with E-state index in [1.807, 2.05) is 44.2 Å². The van der Waals surface area contributed by atoms with E-state index in [2.05, 4.69) is 15.1 Å². The molecule has 0 N–H and O–H groups in total. The molecular weight excluding hydrogens is 318 g/mol. The molecule has 0 saturated heterocycles. The molecule has 7 nitrogen and oxygen atoms in total. The first-order valence-corrected chi connectivity index (χ1v) is 8.07. The van der Waals surface area contributed by atoms with Gasteiger partial charge in [-0.15, -0.1) is 5.10 Å². The van der Waals surface area contributed by atoms with E-state index in [1.165, 1.54) is 0 Å². The maximum atomic E-state index is 13.2. The van der Waals surface area contributed by atoms with Gasteiger partial charge in [-0.25, -0.2) is 4.98 Å². The minimum absolute atomic E-state index is 0.162. The van der Waals surface area contributed by atoms with Crippen LogP contribution < -0.4 is 10.3 Å². The van der Waals surface area contributed by atoms with Crippen molar-refractivity contribution in [2.75, 3.05) is 6.61 Å². The fraction of sp³-hybridized carbons (Fsp3) is 0.222. The highest BCUT2D eigenvalue weighted by atomic mass is 16.5. The predicted molar refractivity (Wildman–Crippen MR) is 94.5 cm³/mol. The van der Waals surface area contributed by atoms with E-state index in [1.54, 1.807) is 22.2 Å². The van der Waals surface area contributed by atoms with Crippen molar-refractivity contribution in [3.63, 3.8) is 0 Å². The molecule has 0 amide bonds. The van der Waals surface area contributed by atoms with Crippen LogP contribution in [0.3, 0.4) is 0 Å². The fourth-order valence-corrected chi connectivity index (χ4v) is 3.01. The molecule has 0 bridgehead atoms. The van der Waals surface area contributed by atoms with Gasteiger partial charge in [-0.1, -0.05) is 12.1 Å². The lowest BCUT2D eigenvalue weighted by Gasteiger charge is -2.13. The van der Waals surface area contributed by atoms with Crippen LogP contribution in [0.4, 0.5) is 0 Å². The van der Waals surface area contributed by atoms with Gasteiger partial charge >= 0.3 is 0 Å². The minimum Gasteiger partial charge on any atom is -0.492 e. The van der Waals surface area contributed by atoms with Gasteiger partial charge in [0.2, 0.25) is 0 Å². The molecule has 0 aliphatic carbocycles. The van der Waals surface area contributed by atoms with Gasteiger partial charge in [0.25, 0.3) is 11.3 Å². The zero-order chi connectivity index (χ0) is 17.6. The molecular formula is C18H17N5O2. The molecule has 126 valence electrons. The van der Waals surface area contributed by atoms with Crippen molar-refractivity contribution in [2.45, 2.75) is 20.8 Å². The standard InChI is InChI=1S/C18H17N5O2/c1-4-25-15-8-6-5-7-13(15)22-10-9-14-16(17(22)24)11(2)19-18-20-12(3)21-23(14)18/h5-10H,4H2,1-3H3. The Hall–Kier alpha value is -3.22. The van der Waals surface area contributed by atoms with Crippen LogP contribution in [0.15, 0.2) is 41.3 Å². The second kappa shape index (κ2) is 5.70. The number of para-hydroxylation sites is 2. The van der Waals surface area contributed by atoms with E-state index in [4.69, 9.17) is 4.74 Å². The summed E-state index contributed by atoms with van der Waals surface area (Å²) >= 11 is 0. The molecule has 0 unspecified atom stereocenters. The van der Waals surface area contributed by atoms with Crippen LogP contribution in [-0.4, -0.2) is 30.8 Å². The van der Waals surface area contributed by atoms with Gasteiger partial charge in [0.05, 0.1) is 28.9 Å². The average molecular weight is 335 g/mol. The molecule has 3 heterocycles. The quantitative estimate of drug-likeness (QED) is 0.575. The molecule has 0 radical (unpaired) electrons. The summed E-state index contributed by atoms with van der Waals surface area (Å²) in [4.78, 5) is 21.9. The summed E-state index contributed by atoms with van der Waals surface area (Å²) in [6.45, 7) is 6.05. The van der Waals surface area contributed by atoms with Crippen LogP contribution >= 0.6 is 0 Å². The second-order valence-electron chi connectivity index (χ2n) is 5.72. The topological polar surface area (TPSA) is 74.3 Å². The molecule has 0 aliphatic heterocycles. The Bertz CT molecular complexity index is 1160. The van der Waals surface area contributed by atoms with Gasteiger partial charge in [-0.05, 0) is 39.0 Å². The van der Waals surface area contributed by atoms with Gasteiger partial charge in [-0.2, -0.15) is 9.50 Å². The van der Waals surface area contributed by atoms with Crippen molar-refractivity contribution in [3.05, 3.63) is 58.4 Å². The van der Waals surface area contributed by atoms with Crippen molar-refractivity contribution < 1.29 is 4.74 Å². The fourth-order valence-electron chi connectivity index (χ4n) is 3.01. The maximum absolute atomic E-state index is 13.2. The third-order valence-corrected chi connectivity index (χ3v) is 4.05. The summed E-state index contributed by atoms with van der Waals surface area (Å²) < 4.78 is 8.85. The summed E-state index contributed by atoms with van der Waals surface area (Å²) in [7, 11) is 0. The Labute approximate surface area is 143 Å². The number of fused-ring (bicyclic) bond motifs is 3. The SMILES string of the molecule is CCOc1ccccc1-n1ccc2c(c(C)nc3nc(C)nn32)c1=O. The van der Waals surface area contributed by atoms with Crippen molar-refractivity contribution in [3.8, 4) is 11.4 Å². The monoisotopic (exact) mass is 335 g/mol. The Kier molecular flexibility index (Phi) is 3.49. The van der Waals surface area contributed by atoms with Crippen molar-refractivity contribution in [1.29, 1.82) is 0 Å². The lowest BCUT2D eigenvalue weighted by Crippen LogP contribution is -2.20. The summed E-state index contributed by atoms with van der Waals surface area (Å²) in [5.74, 6) is 1.77. The number of nitrogens with zero attached hydrogens (tertiary/aromatic N) is 5. The number of hydrogen-bond donors (Lipinski definition) is 0. The summed E-state index contributed by atoms with van der Waals surface area (Å²) in [6.07, 6.45) is 1.73. The van der Waals surface area contributed by atoms with E-state index in [9.17, 15) is 4.79 Å². The molecule has 0 saturated carbocycles. The molecule has 0 aliphatic rings. The maximum Gasteiger partial charge on any atom is 0.266 e. The third kappa shape index (κ3) is 2.36. The van der Waals surface area contributed by atoms with Gasteiger partial charge in [0.15, 0.2) is 0 Å². The first-order chi connectivity index (χ1) is 12.1. The van der Waals surface area contributed by atoms with Crippen LogP contribution in [0.1, 0.15) is 18.4 Å². The number of pyridine rings is 1. The van der Waals surface area contributed by atoms with Crippen LogP contribution in [0.2, 0.25) is 0 Å². The first kappa shape index (κ1) is 15.3. The third-order valence-electron chi connectivity index (χ3n) is 4.05. The van der Waals surface area contributed by atoms with E-state index < -0.39 is 0 Å². The van der Waals surface area contributed by atoms with Gasteiger partial charge in [0, 0.05) is 6.20 Å². The molecule has 4 aromatic rings. The Balaban J connectivity index is 2.06. The van der Waals surface area contributed by atoms with Crippen LogP contribution in [0.5, 0.6) is 5.75 Å². The first-order valence-electron chi connectivity index (χ1n) is 8.07. The smallest absolute Gasteiger partial charge is 0.266 e. The van der Waals surface area contributed by atoms with E-state index in [0.29, 0.717) is 46.2 Å². The Morgan fingerprint density at radius 3 is 2.72 bits per heavy atom. The van der Waals surface area contributed by atoms with Crippen LogP contribution in [0.25, 0.3) is 22.4 Å². The lowest BCUT2D eigenvalue weighted by molar-refractivity contribution is 0.339. The van der Waals surface area contributed by atoms with Gasteiger partial charge in [0.1, 0.15) is 11.6 Å². The molecule has 4 rings (SSSR count). The highest BCUT2D eigenvalue weighted by Crippen LogP contribution is 2.23. The Morgan fingerprint density at radius 2 is 1.92 bits per heavy atom. The largest absolute Gasteiger partial charge is 0.492 e.